The lowest BCUT2D eigenvalue weighted by Crippen LogP contribution is -2.44. The molecule has 4 nitrogen and oxygen atoms in total. The van der Waals surface area contributed by atoms with Gasteiger partial charge in [0.2, 0.25) is 0 Å². The number of hydrogen-bond donors (Lipinski definition) is 1. The number of likely N-dealkylation sites (tertiary alicyclic amines) is 1. The largest absolute Gasteiger partial charge is 0.328 e. The maximum absolute atomic E-state index is 13.4. The van der Waals surface area contributed by atoms with Gasteiger partial charge in [0.1, 0.15) is 0 Å². The van der Waals surface area contributed by atoms with Crippen molar-refractivity contribution in [2.75, 3.05) is 6.54 Å². The predicted octanol–water partition coefficient (Wildman–Crippen LogP) is 5.03. The summed E-state index contributed by atoms with van der Waals surface area (Å²) < 4.78 is 2.04. The van der Waals surface area contributed by atoms with Gasteiger partial charge < -0.3 is 10.3 Å². The lowest BCUT2D eigenvalue weighted by molar-refractivity contribution is 0.101. The van der Waals surface area contributed by atoms with Crippen LogP contribution in [-0.4, -0.2) is 34.1 Å². The van der Waals surface area contributed by atoms with Crippen LogP contribution in [0.15, 0.2) is 35.1 Å². The van der Waals surface area contributed by atoms with E-state index in [4.69, 9.17) is 5.73 Å². The van der Waals surface area contributed by atoms with Gasteiger partial charge in [-0.15, -0.1) is 0 Å². The molecule has 1 saturated carbocycles. The van der Waals surface area contributed by atoms with Gasteiger partial charge in [-0.25, -0.2) is 0 Å². The highest BCUT2D eigenvalue weighted by Gasteiger charge is 2.26. The van der Waals surface area contributed by atoms with Crippen molar-refractivity contribution in [2.24, 2.45) is 5.73 Å². The van der Waals surface area contributed by atoms with Crippen LogP contribution in [-0.2, 0) is 6.54 Å². The zero-order chi connectivity index (χ0) is 21.1. The molecule has 4 atom stereocenters. The standard InChI is InChI=1S/C26H39N3O/c1-19-9-8-10-20(2)28(19)15-6-3-7-16-29-25-12-5-4-11-22(25)18-24(26(29)30)21-13-14-23(27)17-21/h4-5,11-12,18-21,23H,3,6-10,13-17,27H2,1-2H3/t19-,20+,21?,23?. The highest BCUT2D eigenvalue weighted by atomic mass is 16.1. The van der Waals surface area contributed by atoms with Crippen molar-refractivity contribution in [1.82, 2.24) is 9.47 Å². The lowest BCUT2D eigenvalue weighted by Gasteiger charge is -2.39. The fourth-order valence-corrected chi connectivity index (χ4v) is 5.82. The summed E-state index contributed by atoms with van der Waals surface area (Å²) >= 11 is 0. The summed E-state index contributed by atoms with van der Waals surface area (Å²) in [7, 11) is 0. The summed E-state index contributed by atoms with van der Waals surface area (Å²) in [4.78, 5) is 16.1. The van der Waals surface area contributed by atoms with Gasteiger partial charge in [-0.05, 0) is 88.8 Å². The second-order valence-electron chi connectivity index (χ2n) is 9.81. The zero-order valence-electron chi connectivity index (χ0n) is 18.9. The first-order valence-electron chi connectivity index (χ1n) is 12.2. The minimum Gasteiger partial charge on any atom is -0.328 e. The lowest BCUT2D eigenvalue weighted by atomic mass is 9.96. The van der Waals surface area contributed by atoms with E-state index in [0.717, 1.165) is 55.4 Å². The Morgan fingerprint density at radius 3 is 2.43 bits per heavy atom. The van der Waals surface area contributed by atoms with Gasteiger partial charge in [-0.1, -0.05) is 31.0 Å². The Labute approximate surface area is 181 Å². The monoisotopic (exact) mass is 409 g/mol. The first kappa shape index (κ1) is 21.6. The van der Waals surface area contributed by atoms with Gasteiger partial charge in [0.15, 0.2) is 0 Å². The van der Waals surface area contributed by atoms with Crippen molar-refractivity contribution in [3.63, 3.8) is 0 Å². The number of hydrogen-bond acceptors (Lipinski definition) is 3. The Morgan fingerprint density at radius 1 is 0.967 bits per heavy atom. The highest BCUT2D eigenvalue weighted by Crippen LogP contribution is 2.33. The number of para-hydroxylation sites is 1. The molecular weight excluding hydrogens is 370 g/mol. The molecule has 1 aromatic heterocycles. The number of aryl methyl sites for hydroxylation is 1. The zero-order valence-corrected chi connectivity index (χ0v) is 18.9. The van der Waals surface area contributed by atoms with Crippen LogP contribution in [0, 0.1) is 0 Å². The number of unbranched alkanes of at least 4 members (excludes halogenated alkanes) is 2. The van der Waals surface area contributed by atoms with E-state index in [1.807, 2.05) is 10.6 Å². The Morgan fingerprint density at radius 2 is 1.70 bits per heavy atom. The molecule has 0 bridgehead atoms. The molecule has 2 N–H and O–H groups in total. The summed E-state index contributed by atoms with van der Waals surface area (Å²) in [5.74, 6) is 0.324. The van der Waals surface area contributed by atoms with Crippen LogP contribution in [0.3, 0.4) is 0 Å². The second kappa shape index (κ2) is 9.65. The fraction of sp³-hybridized carbons (Fsp3) is 0.654. The third-order valence-electron chi connectivity index (χ3n) is 7.62. The van der Waals surface area contributed by atoms with Crippen molar-refractivity contribution in [3.8, 4) is 0 Å². The number of nitrogens with two attached hydrogens (primary N) is 1. The first-order chi connectivity index (χ1) is 14.5. The summed E-state index contributed by atoms with van der Waals surface area (Å²) in [6.45, 7) is 6.76. The molecule has 0 spiro atoms. The summed E-state index contributed by atoms with van der Waals surface area (Å²) in [6.07, 6.45) is 10.5. The third kappa shape index (κ3) is 4.65. The van der Waals surface area contributed by atoms with E-state index in [-0.39, 0.29) is 11.6 Å². The molecule has 30 heavy (non-hydrogen) atoms. The Bertz CT molecular complexity index is 895. The maximum atomic E-state index is 13.4. The van der Waals surface area contributed by atoms with E-state index in [1.165, 1.54) is 44.0 Å². The van der Waals surface area contributed by atoms with Crippen LogP contribution in [0.1, 0.15) is 83.1 Å². The summed E-state index contributed by atoms with van der Waals surface area (Å²) in [6, 6.07) is 12.2. The topological polar surface area (TPSA) is 51.3 Å². The van der Waals surface area contributed by atoms with Crippen LogP contribution >= 0.6 is 0 Å². The normalized spacial score (nSPS) is 27.7. The van der Waals surface area contributed by atoms with E-state index in [0.29, 0.717) is 5.92 Å². The molecule has 2 heterocycles. The molecule has 2 aliphatic rings. The molecule has 4 heteroatoms. The molecule has 1 saturated heterocycles. The highest BCUT2D eigenvalue weighted by molar-refractivity contribution is 5.79. The predicted molar refractivity (Wildman–Crippen MR) is 126 cm³/mol. The van der Waals surface area contributed by atoms with Gasteiger partial charge in [0.25, 0.3) is 5.56 Å². The number of aromatic nitrogens is 1. The summed E-state index contributed by atoms with van der Waals surface area (Å²) in [5.41, 5.74) is 8.42. The number of rotatable bonds is 7. The van der Waals surface area contributed by atoms with Crippen LogP contribution in [0.25, 0.3) is 10.9 Å². The second-order valence-corrected chi connectivity index (χ2v) is 9.81. The van der Waals surface area contributed by atoms with Crippen LogP contribution < -0.4 is 11.3 Å². The number of nitrogens with zero attached hydrogens (tertiary/aromatic N) is 2. The minimum atomic E-state index is 0.214. The average Bonchev–Trinajstić information content (AvgIpc) is 3.16. The number of pyridine rings is 1. The van der Waals surface area contributed by atoms with E-state index in [1.54, 1.807) is 0 Å². The number of fused-ring (bicyclic) bond motifs is 1. The summed E-state index contributed by atoms with van der Waals surface area (Å²) in [5, 5.41) is 1.18. The molecule has 0 radical (unpaired) electrons. The van der Waals surface area contributed by atoms with Crippen LogP contribution in [0.2, 0.25) is 0 Å². The molecule has 2 unspecified atom stereocenters. The van der Waals surface area contributed by atoms with Crippen molar-refractivity contribution in [1.29, 1.82) is 0 Å². The van der Waals surface area contributed by atoms with E-state index in [2.05, 4.69) is 43.0 Å². The molecule has 1 aliphatic carbocycles. The van der Waals surface area contributed by atoms with Gasteiger partial charge >= 0.3 is 0 Å². The molecule has 2 fully saturated rings. The van der Waals surface area contributed by atoms with Crippen molar-refractivity contribution in [2.45, 2.75) is 102 Å². The van der Waals surface area contributed by atoms with Crippen LogP contribution in [0.5, 0.6) is 0 Å². The molecule has 2 aromatic rings. The van der Waals surface area contributed by atoms with Gasteiger partial charge in [0.05, 0.1) is 5.52 Å². The number of piperidine rings is 1. The van der Waals surface area contributed by atoms with Crippen molar-refractivity contribution < 1.29 is 0 Å². The smallest absolute Gasteiger partial charge is 0.254 e. The number of benzene rings is 1. The Balaban J connectivity index is 1.43. The SMILES string of the molecule is C[C@@H]1CCC[C@H](C)N1CCCCCn1c(=O)c(C2CCC(N)C2)cc2ccccc21. The van der Waals surface area contributed by atoms with Gasteiger partial charge in [-0.3, -0.25) is 9.69 Å². The van der Waals surface area contributed by atoms with E-state index >= 15 is 0 Å². The Kier molecular flexibility index (Phi) is 6.94. The molecule has 164 valence electrons. The van der Waals surface area contributed by atoms with E-state index < -0.39 is 0 Å². The molecular formula is C26H39N3O. The molecule has 1 aromatic carbocycles. The molecule has 1 aliphatic heterocycles. The molecule has 0 amide bonds. The average molecular weight is 410 g/mol. The van der Waals surface area contributed by atoms with Crippen molar-refractivity contribution >= 4 is 10.9 Å². The Hall–Kier alpha value is -1.65. The third-order valence-corrected chi connectivity index (χ3v) is 7.62. The quantitative estimate of drug-likeness (QED) is 0.653. The van der Waals surface area contributed by atoms with Crippen LogP contribution in [0.4, 0.5) is 0 Å². The van der Waals surface area contributed by atoms with Crippen molar-refractivity contribution in [3.05, 3.63) is 46.2 Å². The minimum absolute atomic E-state index is 0.214. The fourth-order valence-electron chi connectivity index (χ4n) is 5.82. The molecule has 4 rings (SSSR count). The van der Waals surface area contributed by atoms with Gasteiger partial charge in [-0.2, -0.15) is 0 Å². The van der Waals surface area contributed by atoms with Gasteiger partial charge in [0, 0.05) is 30.2 Å². The maximum Gasteiger partial charge on any atom is 0.254 e. The first-order valence-corrected chi connectivity index (χ1v) is 12.2. The van der Waals surface area contributed by atoms with E-state index in [9.17, 15) is 4.79 Å².